The first kappa shape index (κ1) is 18.4. The van der Waals surface area contributed by atoms with Gasteiger partial charge in [0.05, 0.1) is 18.5 Å². The Morgan fingerprint density at radius 1 is 0.963 bits per heavy atom. The number of amides is 1. The Kier molecular flexibility index (Phi) is 5.67. The predicted molar refractivity (Wildman–Crippen MR) is 110 cm³/mol. The number of benzene rings is 3. The van der Waals surface area contributed by atoms with Crippen molar-refractivity contribution in [2.45, 2.75) is 13.8 Å². The Labute approximate surface area is 159 Å². The van der Waals surface area contributed by atoms with E-state index in [0.29, 0.717) is 11.3 Å². The van der Waals surface area contributed by atoms with Gasteiger partial charge in [0, 0.05) is 11.6 Å². The maximum absolute atomic E-state index is 13.1. The van der Waals surface area contributed by atoms with Gasteiger partial charge >= 0.3 is 0 Å². The summed E-state index contributed by atoms with van der Waals surface area (Å²) in [7, 11) is 1.61. The number of nitrogens with zero attached hydrogens (tertiary/aromatic N) is 2. The molecular weight excluding hydrogens is 336 g/mol. The van der Waals surface area contributed by atoms with E-state index in [1.54, 1.807) is 30.5 Å². The molecule has 0 aliphatic heterocycles. The summed E-state index contributed by atoms with van der Waals surface area (Å²) in [6, 6.07) is 22.6. The van der Waals surface area contributed by atoms with E-state index in [1.165, 1.54) is 0 Å². The molecule has 0 aromatic heterocycles. The van der Waals surface area contributed by atoms with Gasteiger partial charge in [0.25, 0.3) is 5.91 Å². The van der Waals surface area contributed by atoms with E-state index in [-0.39, 0.29) is 5.91 Å². The van der Waals surface area contributed by atoms with Crippen LogP contribution in [0.3, 0.4) is 0 Å². The summed E-state index contributed by atoms with van der Waals surface area (Å²) >= 11 is 0. The summed E-state index contributed by atoms with van der Waals surface area (Å²) in [4.78, 5) is 19.2. The fraction of sp³-hybridized carbons (Fsp3) is 0.130. The van der Waals surface area contributed by atoms with E-state index in [2.05, 4.69) is 11.1 Å². The third-order valence-corrected chi connectivity index (χ3v) is 4.23. The van der Waals surface area contributed by atoms with Crippen molar-refractivity contribution in [2.75, 3.05) is 12.0 Å². The maximum atomic E-state index is 13.1. The molecule has 3 aromatic rings. The SMILES string of the molecule is COc1cccc(N=CN(C(=O)c2ccccc2)c2ccc(C)cc2C)c1. The number of hydrogen-bond acceptors (Lipinski definition) is 3. The van der Waals surface area contributed by atoms with Crippen molar-refractivity contribution >= 4 is 23.6 Å². The van der Waals surface area contributed by atoms with Crippen LogP contribution in [0.25, 0.3) is 0 Å². The van der Waals surface area contributed by atoms with Crippen LogP contribution in [0.4, 0.5) is 11.4 Å². The van der Waals surface area contributed by atoms with Gasteiger partial charge < -0.3 is 4.74 Å². The highest BCUT2D eigenvalue weighted by atomic mass is 16.5. The molecule has 0 spiro atoms. The molecule has 0 saturated carbocycles. The largest absolute Gasteiger partial charge is 0.497 e. The second-order valence-corrected chi connectivity index (χ2v) is 6.28. The number of aliphatic imine (C=N–C) groups is 1. The molecule has 0 atom stereocenters. The van der Waals surface area contributed by atoms with E-state index in [4.69, 9.17) is 4.74 Å². The van der Waals surface area contributed by atoms with Crippen LogP contribution in [0.5, 0.6) is 5.75 Å². The summed E-state index contributed by atoms with van der Waals surface area (Å²) in [5, 5.41) is 0. The number of methoxy groups -OCH3 is 1. The van der Waals surface area contributed by atoms with Crippen molar-refractivity contribution in [1.29, 1.82) is 0 Å². The molecule has 0 aliphatic carbocycles. The minimum atomic E-state index is -0.130. The lowest BCUT2D eigenvalue weighted by atomic mass is 10.1. The highest BCUT2D eigenvalue weighted by Crippen LogP contribution is 2.24. The van der Waals surface area contributed by atoms with Crippen LogP contribution in [0.15, 0.2) is 77.8 Å². The standard InChI is InChI=1S/C23H22N2O2/c1-17-12-13-22(18(2)14-17)25(23(26)19-8-5-4-6-9-19)16-24-20-10-7-11-21(15-20)27-3/h4-16H,1-3H3. The molecule has 4 nitrogen and oxygen atoms in total. The number of aryl methyl sites for hydroxylation is 2. The van der Waals surface area contributed by atoms with Gasteiger partial charge in [-0.2, -0.15) is 0 Å². The number of rotatable bonds is 5. The molecule has 0 radical (unpaired) electrons. The van der Waals surface area contributed by atoms with E-state index in [1.807, 2.05) is 68.4 Å². The van der Waals surface area contributed by atoms with Gasteiger partial charge in [-0.1, -0.05) is 42.0 Å². The van der Waals surface area contributed by atoms with Crippen molar-refractivity contribution in [3.05, 3.63) is 89.5 Å². The van der Waals surface area contributed by atoms with Crippen LogP contribution in [-0.4, -0.2) is 19.4 Å². The molecule has 0 N–H and O–H groups in total. The fourth-order valence-electron chi connectivity index (χ4n) is 2.83. The summed E-state index contributed by atoms with van der Waals surface area (Å²) < 4.78 is 5.24. The van der Waals surface area contributed by atoms with E-state index in [9.17, 15) is 4.79 Å². The predicted octanol–water partition coefficient (Wildman–Crippen LogP) is 5.32. The Morgan fingerprint density at radius 3 is 2.44 bits per heavy atom. The summed E-state index contributed by atoms with van der Waals surface area (Å²) in [5.41, 5.74) is 4.28. The van der Waals surface area contributed by atoms with E-state index >= 15 is 0 Å². The molecule has 3 rings (SSSR count). The summed E-state index contributed by atoms with van der Waals surface area (Å²) in [6.07, 6.45) is 1.57. The quantitative estimate of drug-likeness (QED) is 0.458. The Balaban J connectivity index is 2.01. The van der Waals surface area contributed by atoms with Gasteiger partial charge in [0.15, 0.2) is 0 Å². The van der Waals surface area contributed by atoms with Gasteiger partial charge in [0.1, 0.15) is 12.1 Å². The number of ether oxygens (including phenoxy) is 1. The molecule has 4 heteroatoms. The van der Waals surface area contributed by atoms with Gasteiger partial charge in [-0.3, -0.25) is 9.69 Å². The normalized spacial score (nSPS) is 10.8. The molecule has 0 unspecified atom stereocenters. The van der Waals surface area contributed by atoms with Crippen molar-refractivity contribution in [1.82, 2.24) is 0 Å². The Morgan fingerprint density at radius 2 is 1.74 bits per heavy atom. The van der Waals surface area contributed by atoms with Crippen LogP contribution in [0.1, 0.15) is 21.5 Å². The topological polar surface area (TPSA) is 41.9 Å². The van der Waals surface area contributed by atoms with Crippen molar-refractivity contribution in [3.8, 4) is 5.75 Å². The second-order valence-electron chi connectivity index (χ2n) is 6.28. The Bertz CT molecular complexity index is 965. The third-order valence-electron chi connectivity index (χ3n) is 4.23. The van der Waals surface area contributed by atoms with Crippen LogP contribution < -0.4 is 9.64 Å². The van der Waals surface area contributed by atoms with Crippen molar-refractivity contribution in [2.24, 2.45) is 4.99 Å². The zero-order chi connectivity index (χ0) is 19.2. The lowest BCUT2D eigenvalue weighted by Crippen LogP contribution is -2.30. The minimum absolute atomic E-state index is 0.130. The first-order chi connectivity index (χ1) is 13.1. The molecule has 0 saturated heterocycles. The van der Waals surface area contributed by atoms with Gasteiger partial charge in [-0.25, -0.2) is 4.99 Å². The number of carbonyl (C=O) groups is 1. The van der Waals surface area contributed by atoms with Crippen LogP contribution in [0, 0.1) is 13.8 Å². The molecular formula is C23H22N2O2. The maximum Gasteiger partial charge on any atom is 0.263 e. The highest BCUT2D eigenvalue weighted by Gasteiger charge is 2.17. The van der Waals surface area contributed by atoms with Crippen molar-refractivity contribution < 1.29 is 9.53 Å². The van der Waals surface area contributed by atoms with Crippen LogP contribution in [0.2, 0.25) is 0 Å². The lowest BCUT2D eigenvalue weighted by molar-refractivity contribution is 0.100. The third kappa shape index (κ3) is 4.42. The van der Waals surface area contributed by atoms with E-state index in [0.717, 1.165) is 22.6 Å². The highest BCUT2D eigenvalue weighted by molar-refractivity contribution is 6.17. The summed E-state index contributed by atoms with van der Waals surface area (Å²) in [5.74, 6) is 0.589. The zero-order valence-corrected chi connectivity index (χ0v) is 15.7. The average molecular weight is 358 g/mol. The number of hydrogen-bond donors (Lipinski definition) is 0. The first-order valence-electron chi connectivity index (χ1n) is 8.72. The monoisotopic (exact) mass is 358 g/mol. The number of anilines is 1. The van der Waals surface area contributed by atoms with E-state index < -0.39 is 0 Å². The molecule has 1 amide bonds. The molecule has 0 bridgehead atoms. The second kappa shape index (κ2) is 8.32. The molecule has 0 aliphatic rings. The zero-order valence-electron chi connectivity index (χ0n) is 15.7. The van der Waals surface area contributed by atoms with Crippen molar-refractivity contribution in [3.63, 3.8) is 0 Å². The first-order valence-corrected chi connectivity index (χ1v) is 8.72. The average Bonchev–Trinajstić information content (AvgIpc) is 2.70. The van der Waals surface area contributed by atoms with Gasteiger partial charge in [0.2, 0.25) is 0 Å². The molecule has 3 aromatic carbocycles. The van der Waals surface area contributed by atoms with Gasteiger partial charge in [-0.05, 0) is 49.7 Å². The number of carbonyl (C=O) groups excluding carboxylic acids is 1. The smallest absolute Gasteiger partial charge is 0.263 e. The molecule has 0 fully saturated rings. The Hall–Kier alpha value is -3.40. The lowest BCUT2D eigenvalue weighted by Gasteiger charge is -2.20. The molecule has 27 heavy (non-hydrogen) atoms. The molecule has 136 valence electrons. The minimum Gasteiger partial charge on any atom is -0.497 e. The molecule has 0 heterocycles. The van der Waals surface area contributed by atoms with Crippen LogP contribution >= 0.6 is 0 Å². The van der Waals surface area contributed by atoms with Crippen LogP contribution in [-0.2, 0) is 0 Å². The fourth-order valence-corrected chi connectivity index (χ4v) is 2.83. The summed E-state index contributed by atoms with van der Waals surface area (Å²) in [6.45, 7) is 4.03. The van der Waals surface area contributed by atoms with Gasteiger partial charge in [-0.15, -0.1) is 0 Å².